The number of primary amides is 1. The zero-order chi connectivity index (χ0) is 14.0. The minimum absolute atomic E-state index is 0.222. The van der Waals surface area contributed by atoms with E-state index in [1.54, 1.807) is 0 Å². The van der Waals surface area contributed by atoms with Gasteiger partial charge in [0.05, 0.1) is 23.4 Å². The fraction of sp³-hybridized carbons (Fsp3) is 0.615. The number of hydrogen-bond acceptors (Lipinski definition) is 5. The van der Waals surface area contributed by atoms with Crippen LogP contribution in [0.25, 0.3) is 0 Å². The van der Waals surface area contributed by atoms with Gasteiger partial charge < -0.3 is 21.5 Å². The Balaban J connectivity index is 2.06. The molecule has 0 radical (unpaired) electrons. The molecule has 0 spiro atoms. The Bertz CT molecular complexity index is 467. The van der Waals surface area contributed by atoms with Crippen molar-refractivity contribution in [1.82, 2.24) is 0 Å². The van der Waals surface area contributed by atoms with Crippen LogP contribution in [0.5, 0.6) is 0 Å². The highest BCUT2D eigenvalue weighted by atomic mass is 32.1. The van der Waals surface area contributed by atoms with Crippen molar-refractivity contribution in [3.05, 3.63) is 10.4 Å². The van der Waals surface area contributed by atoms with E-state index in [2.05, 4.69) is 5.32 Å². The molecule has 6 heteroatoms. The van der Waals surface area contributed by atoms with Gasteiger partial charge in [0, 0.05) is 12.1 Å². The molecule has 1 aliphatic rings. The molecule has 1 heterocycles. The van der Waals surface area contributed by atoms with E-state index in [1.807, 2.05) is 13.8 Å². The number of anilines is 2. The molecule has 0 aromatic carbocycles. The molecule has 2 rings (SSSR count). The van der Waals surface area contributed by atoms with Crippen LogP contribution in [0.4, 0.5) is 10.7 Å². The molecule has 1 fully saturated rings. The molecule has 1 aromatic rings. The molecule has 1 aromatic heterocycles. The summed E-state index contributed by atoms with van der Waals surface area (Å²) in [4.78, 5) is 11.8. The zero-order valence-electron chi connectivity index (χ0n) is 11.4. The van der Waals surface area contributed by atoms with E-state index in [0.29, 0.717) is 29.6 Å². The van der Waals surface area contributed by atoms with Crippen molar-refractivity contribution in [3.8, 4) is 0 Å². The average Bonchev–Trinajstić information content (AvgIpc) is 3.09. The van der Waals surface area contributed by atoms with E-state index in [9.17, 15) is 4.79 Å². The van der Waals surface area contributed by atoms with Gasteiger partial charge in [-0.05, 0) is 32.6 Å². The molecule has 1 amide bonds. The Kier molecular flexibility index (Phi) is 4.31. The summed E-state index contributed by atoms with van der Waals surface area (Å²) in [5.41, 5.74) is 13.0. The van der Waals surface area contributed by atoms with Gasteiger partial charge in [-0.1, -0.05) is 0 Å². The highest BCUT2D eigenvalue weighted by Gasteiger charge is 2.32. The van der Waals surface area contributed by atoms with Crippen LogP contribution in [-0.2, 0) is 4.74 Å². The molecule has 0 atom stereocenters. The van der Waals surface area contributed by atoms with E-state index in [4.69, 9.17) is 16.2 Å². The smallest absolute Gasteiger partial charge is 0.260 e. The lowest BCUT2D eigenvalue weighted by atomic mass is 10.1. The number of nitrogen functional groups attached to an aromatic ring is 1. The molecule has 0 bridgehead atoms. The van der Waals surface area contributed by atoms with E-state index in [1.165, 1.54) is 11.3 Å². The molecular formula is C13H21N3O2S. The number of ether oxygens (including phenoxy) is 1. The molecule has 106 valence electrons. The third kappa shape index (κ3) is 3.39. The number of nitrogens with one attached hydrogen (secondary N) is 1. The maximum absolute atomic E-state index is 11.3. The van der Waals surface area contributed by atoms with Gasteiger partial charge in [0.2, 0.25) is 0 Å². The highest BCUT2D eigenvalue weighted by Crippen LogP contribution is 2.50. The Hall–Kier alpha value is -1.27. The lowest BCUT2D eigenvalue weighted by molar-refractivity contribution is 0.0871. The van der Waals surface area contributed by atoms with Crippen molar-refractivity contribution in [3.63, 3.8) is 0 Å². The van der Waals surface area contributed by atoms with Gasteiger partial charge in [-0.25, -0.2) is 0 Å². The van der Waals surface area contributed by atoms with Gasteiger partial charge in [0.25, 0.3) is 5.91 Å². The first kappa shape index (κ1) is 14.1. The van der Waals surface area contributed by atoms with Crippen LogP contribution >= 0.6 is 11.3 Å². The minimum atomic E-state index is -0.448. The average molecular weight is 283 g/mol. The second-order valence-corrected chi connectivity index (χ2v) is 6.09. The number of rotatable bonds is 7. The molecule has 0 unspecified atom stereocenters. The van der Waals surface area contributed by atoms with E-state index >= 15 is 0 Å². The van der Waals surface area contributed by atoms with Crippen LogP contribution in [0, 0.1) is 0 Å². The van der Waals surface area contributed by atoms with Crippen LogP contribution < -0.4 is 16.8 Å². The molecule has 1 aliphatic carbocycles. The van der Waals surface area contributed by atoms with E-state index in [-0.39, 0.29) is 6.10 Å². The fourth-order valence-corrected chi connectivity index (χ4v) is 3.09. The zero-order valence-corrected chi connectivity index (χ0v) is 12.2. The summed E-state index contributed by atoms with van der Waals surface area (Å²) in [6.07, 6.45) is 2.49. The van der Waals surface area contributed by atoms with Crippen LogP contribution in [0.3, 0.4) is 0 Å². The van der Waals surface area contributed by atoms with Gasteiger partial charge in [-0.3, -0.25) is 4.79 Å². The van der Waals surface area contributed by atoms with Crippen molar-refractivity contribution in [2.24, 2.45) is 5.73 Å². The van der Waals surface area contributed by atoms with Crippen molar-refractivity contribution < 1.29 is 9.53 Å². The molecule has 1 saturated carbocycles. The lowest BCUT2D eigenvalue weighted by Crippen LogP contribution is -2.13. The maximum Gasteiger partial charge on any atom is 0.260 e. The first-order valence-electron chi connectivity index (χ1n) is 6.58. The summed E-state index contributed by atoms with van der Waals surface area (Å²) < 4.78 is 5.48. The Morgan fingerprint density at radius 2 is 2.21 bits per heavy atom. The lowest BCUT2D eigenvalue weighted by Gasteiger charge is -2.10. The van der Waals surface area contributed by atoms with Gasteiger partial charge in [-0.15, -0.1) is 11.3 Å². The fourth-order valence-electron chi connectivity index (χ4n) is 2.01. The van der Waals surface area contributed by atoms with Crippen molar-refractivity contribution in [2.75, 3.05) is 24.2 Å². The number of nitrogens with two attached hydrogens (primary N) is 2. The molecule has 5 nitrogen and oxygen atoms in total. The SMILES string of the molecule is CC(C)OCCNc1sc(C(N)=O)c(N)c1C1CC1. The standard InChI is InChI=1S/C13H21N3O2S/c1-7(2)18-6-5-16-13-9(8-3-4-8)10(14)11(19-13)12(15)17/h7-8,16H,3-6,14H2,1-2H3,(H2,15,17). The van der Waals surface area contributed by atoms with Gasteiger partial charge >= 0.3 is 0 Å². The predicted octanol–water partition coefficient (Wildman–Crippen LogP) is 2.14. The van der Waals surface area contributed by atoms with Crippen molar-refractivity contribution in [2.45, 2.75) is 38.7 Å². The summed E-state index contributed by atoms with van der Waals surface area (Å²) in [6.45, 7) is 5.34. The number of thiophene rings is 1. The number of carbonyl (C=O) groups is 1. The third-order valence-electron chi connectivity index (χ3n) is 3.03. The maximum atomic E-state index is 11.3. The molecule has 0 saturated heterocycles. The molecular weight excluding hydrogens is 262 g/mol. The first-order valence-corrected chi connectivity index (χ1v) is 7.39. The number of carbonyl (C=O) groups excluding carboxylic acids is 1. The number of amides is 1. The predicted molar refractivity (Wildman–Crippen MR) is 78.8 cm³/mol. The van der Waals surface area contributed by atoms with Gasteiger partial charge in [-0.2, -0.15) is 0 Å². The Morgan fingerprint density at radius 1 is 1.53 bits per heavy atom. The molecule has 0 aliphatic heterocycles. The minimum Gasteiger partial charge on any atom is -0.397 e. The number of hydrogen-bond donors (Lipinski definition) is 3. The molecule has 5 N–H and O–H groups in total. The Morgan fingerprint density at radius 3 is 2.74 bits per heavy atom. The third-order valence-corrected chi connectivity index (χ3v) is 4.23. The largest absolute Gasteiger partial charge is 0.397 e. The second-order valence-electron chi connectivity index (χ2n) is 5.07. The quantitative estimate of drug-likeness (QED) is 0.669. The summed E-state index contributed by atoms with van der Waals surface area (Å²) >= 11 is 1.36. The van der Waals surface area contributed by atoms with Gasteiger partial charge in [0.15, 0.2) is 0 Å². The second kappa shape index (κ2) is 5.79. The van der Waals surface area contributed by atoms with Crippen LogP contribution in [-0.4, -0.2) is 25.2 Å². The van der Waals surface area contributed by atoms with E-state index in [0.717, 1.165) is 23.4 Å². The van der Waals surface area contributed by atoms with Crippen molar-refractivity contribution >= 4 is 27.9 Å². The monoisotopic (exact) mass is 283 g/mol. The van der Waals surface area contributed by atoms with E-state index < -0.39 is 5.91 Å². The van der Waals surface area contributed by atoms with Crippen LogP contribution in [0.15, 0.2) is 0 Å². The van der Waals surface area contributed by atoms with Crippen LogP contribution in [0.2, 0.25) is 0 Å². The summed E-state index contributed by atoms with van der Waals surface area (Å²) in [6, 6.07) is 0. The normalized spacial score (nSPS) is 14.9. The van der Waals surface area contributed by atoms with Crippen LogP contribution in [0.1, 0.15) is 47.8 Å². The van der Waals surface area contributed by atoms with Gasteiger partial charge in [0.1, 0.15) is 4.88 Å². The molecule has 19 heavy (non-hydrogen) atoms. The summed E-state index contributed by atoms with van der Waals surface area (Å²) in [7, 11) is 0. The summed E-state index contributed by atoms with van der Waals surface area (Å²) in [5.74, 6) is 0.0359. The van der Waals surface area contributed by atoms with Crippen molar-refractivity contribution in [1.29, 1.82) is 0 Å². The first-order chi connectivity index (χ1) is 9.00. The topological polar surface area (TPSA) is 90.4 Å². The highest BCUT2D eigenvalue weighted by molar-refractivity contribution is 7.18. The Labute approximate surface area is 117 Å². The summed E-state index contributed by atoms with van der Waals surface area (Å²) in [5, 5.41) is 4.29.